The Morgan fingerprint density at radius 2 is 1.55 bits per heavy atom. The summed E-state index contributed by atoms with van der Waals surface area (Å²) in [6.45, 7) is 0. The zero-order chi connectivity index (χ0) is 6.69. The van der Waals surface area contributed by atoms with Crippen LogP contribution in [0.1, 0.15) is 5.56 Å². The van der Waals surface area contributed by atoms with Gasteiger partial charge < -0.3 is 11.0 Å². The molecule has 0 spiro atoms. The van der Waals surface area contributed by atoms with Gasteiger partial charge in [0.15, 0.2) is 0 Å². The van der Waals surface area contributed by atoms with E-state index in [1.807, 2.05) is 24.3 Å². The van der Waals surface area contributed by atoms with Crippen molar-refractivity contribution in [3.8, 4) is 0 Å². The minimum Gasteiger partial charge on any atom is -0.412 e. The van der Waals surface area contributed by atoms with Crippen LogP contribution in [0.2, 0.25) is 0 Å². The highest BCUT2D eigenvalue weighted by atomic mass is 35.5. The predicted molar refractivity (Wildman–Crippen MR) is 48.6 cm³/mol. The van der Waals surface area contributed by atoms with Crippen LogP contribution in [-0.4, -0.2) is 18.8 Å². The van der Waals surface area contributed by atoms with E-state index < -0.39 is 0 Å². The molecule has 4 N–H and O–H groups in total. The second kappa shape index (κ2) is 6.22. The normalized spacial score (nSPS) is 7.73. The van der Waals surface area contributed by atoms with E-state index in [1.165, 1.54) is 0 Å². The second-order valence-corrected chi connectivity index (χ2v) is 2.14. The van der Waals surface area contributed by atoms with E-state index >= 15 is 0 Å². The molecule has 1 aromatic carbocycles. The van der Waals surface area contributed by atoms with E-state index in [-0.39, 0.29) is 11.0 Å². The first-order valence-corrected chi connectivity index (χ1v) is 3.27. The Morgan fingerprint density at radius 3 is 1.91 bits per heavy atom. The van der Waals surface area contributed by atoms with Crippen molar-refractivity contribution in [2.75, 3.05) is 0 Å². The van der Waals surface area contributed by atoms with Crippen molar-refractivity contribution in [2.45, 2.75) is 5.88 Å². The molecule has 0 fully saturated rings. The lowest BCUT2D eigenvalue weighted by Gasteiger charge is -1.93. The third kappa shape index (κ3) is 4.04. The van der Waals surface area contributed by atoms with Crippen LogP contribution in [0, 0.1) is 0 Å². The molecule has 1 aromatic rings. The van der Waals surface area contributed by atoms with Crippen LogP contribution in [-0.2, 0) is 5.88 Å². The topological polar surface area (TPSA) is 63.0 Å². The summed E-state index contributed by atoms with van der Waals surface area (Å²) in [4.78, 5) is 0. The van der Waals surface area contributed by atoms with Gasteiger partial charge in [-0.05, 0) is 5.56 Å². The molecule has 0 unspecified atom stereocenters. The molecule has 0 saturated heterocycles. The lowest BCUT2D eigenvalue weighted by Crippen LogP contribution is -1.99. The van der Waals surface area contributed by atoms with E-state index in [2.05, 4.69) is 0 Å². The van der Waals surface area contributed by atoms with Crippen LogP contribution in [0.4, 0.5) is 0 Å². The molecule has 0 aliphatic carbocycles. The largest absolute Gasteiger partial charge is 0.412 e. The molecule has 0 heterocycles. The van der Waals surface area contributed by atoms with Crippen LogP contribution in [0.5, 0.6) is 0 Å². The second-order valence-electron chi connectivity index (χ2n) is 1.88. The highest BCUT2D eigenvalue weighted by Gasteiger charge is 1.85. The maximum Gasteiger partial charge on any atom is 0.113 e. The molecule has 11 heavy (non-hydrogen) atoms. The van der Waals surface area contributed by atoms with Crippen molar-refractivity contribution >= 4 is 24.9 Å². The molecular weight excluding hydrogens is 162 g/mol. The summed E-state index contributed by atoms with van der Waals surface area (Å²) >= 11 is 5.54. The molecule has 4 heteroatoms. The summed E-state index contributed by atoms with van der Waals surface area (Å²) in [7, 11) is 5.44. The summed E-state index contributed by atoms with van der Waals surface area (Å²) in [5.41, 5.74) is 1.88. The van der Waals surface area contributed by atoms with Gasteiger partial charge in [-0.15, -0.1) is 11.6 Å². The molecule has 1 rings (SSSR count). The van der Waals surface area contributed by atoms with Crippen molar-refractivity contribution in [1.29, 1.82) is 0 Å². The number of benzene rings is 1. The average Bonchev–Trinajstić information content (AvgIpc) is 1.90. The molecule has 2 radical (unpaired) electrons. The van der Waals surface area contributed by atoms with Gasteiger partial charge in [-0.2, -0.15) is 0 Å². The SMILES string of the molecule is O.O.[B]c1ccc(CCl)cc1. The molecule has 0 aromatic heterocycles. The van der Waals surface area contributed by atoms with Gasteiger partial charge in [-0.1, -0.05) is 29.7 Å². The van der Waals surface area contributed by atoms with Gasteiger partial charge in [0.2, 0.25) is 0 Å². The van der Waals surface area contributed by atoms with Gasteiger partial charge in [0.25, 0.3) is 0 Å². The summed E-state index contributed by atoms with van der Waals surface area (Å²) in [5, 5.41) is 0. The van der Waals surface area contributed by atoms with Crippen LogP contribution >= 0.6 is 11.6 Å². The Balaban J connectivity index is 0. The van der Waals surface area contributed by atoms with Crippen LogP contribution < -0.4 is 5.46 Å². The Morgan fingerprint density at radius 1 is 1.09 bits per heavy atom. The Hall–Kier alpha value is -0.505. The van der Waals surface area contributed by atoms with Gasteiger partial charge in [0, 0.05) is 5.88 Å². The number of rotatable bonds is 1. The summed E-state index contributed by atoms with van der Waals surface area (Å²) < 4.78 is 0. The van der Waals surface area contributed by atoms with E-state index in [1.54, 1.807) is 0 Å². The molecule has 0 amide bonds. The molecule has 0 saturated carbocycles. The molecule has 60 valence electrons. The fraction of sp³-hybridized carbons (Fsp3) is 0.143. The fourth-order valence-corrected chi connectivity index (χ4v) is 0.785. The molecule has 0 aliphatic heterocycles. The maximum absolute atomic E-state index is 5.54. The minimum atomic E-state index is 0. The molecule has 0 bridgehead atoms. The Bertz CT molecular complexity index is 188. The van der Waals surface area contributed by atoms with Crippen LogP contribution in [0.15, 0.2) is 24.3 Å². The zero-order valence-corrected chi connectivity index (χ0v) is 6.73. The van der Waals surface area contributed by atoms with E-state index in [9.17, 15) is 0 Å². The monoisotopic (exact) mass is 172 g/mol. The van der Waals surface area contributed by atoms with Gasteiger partial charge in [0.1, 0.15) is 7.85 Å². The van der Waals surface area contributed by atoms with E-state index in [0.717, 1.165) is 11.0 Å². The lowest BCUT2D eigenvalue weighted by molar-refractivity contribution is 0.823. The number of halogens is 1. The zero-order valence-electron chi connectivity index (χ0n) is 5.97. The highest BCUT2D eigenvalue weighted by Crippen LogP contribution is 1.99. The molecule has 0 aliphatic rings. The quantitative estimate of drug-likeness (QED) is 0.408. The first-order chi connectivity index (χ1) is 4.33. The average molecular weight is 172 g/mol. The molecule has 2 nitrogen and oxygen atoms in total. The standard InChI is InChI=1S/C7H6BCl.2H2O/c8-7-3-1-6(5-9)2-4-7;;/h1-4H,5H2;2*1H2. The first kappa shape index (κ1) is 13.1. The Kier molecular flexibility index (Phi) is 7.41. The van der Waals surface area contributed by atoms with Gasteiger partial charge in [-0.25, -0.2) is 0 Å². The van der Waals surface area contributed by atoms with Crippen molar-refractivity contribution in [2.24, 2.45) is 0 Å². The van der Waals surface area contributed by atoms with Gasteiger partial charge >= 0.3 is 0 Å². The molecule has 0 atom stereocenters. The van der Waals surface area contributed by atoms with Crippen molar-refractivity contribution in [3.63, 3.8) is 0 Å². The number of alkyl halides is 1. The smallest absolute Gasteiger partial charge is 0.113 e. The summed E-state index contributed by atoms with van der Waals surface area (Å²) in [5.74, 6) is 0.556. The number of hydrogen-bond donors (Lipinski definition) is 0. The Labute approximate surface area is 72.2 Å². The van der Waals surface area contributed by atoms with Crippen molar-refractivity contribution < 1.29 is 11.0 Å². The van der Waals surface area contributed by atoms with Gasteiger partial charge in [0.05, 0.1) is 0 Å². The van der Waals surface area contributed by atoms with E-state index in [0.29, 0.717) is 5.88 Å². The predicted octanol–water partition coefficient (Wildman–Crippen LogP) is -0.430. The third-order valence-electron chi connectivity index (χ3n) is 1.13. The highest BCUT2D eigenvalue weighted by molar-refractivity contribution is 6.32. The summed E-state index contributed by atoms with van der Waals surface area (Å²) in [6.07, 6.45) is 0. The number of hydrogen-bond acceptors (Lipinski definition) is 0. The molecular formula is C7H10BClO2. The fourth-order valence-electron chi connectivity index (χ4n) is 0.607. The lowest BCUT2D eigenvalue weighted by atomic mass is 9.96. The maximum atomic E-state index is 5.54. The van der Waals surface area contributed by atoms with Crippen molar-refractivity contribution in [1.82, 2.24) is 0 Å². The van der Waals surface area contributed by atoms with E-state index in [4.69, 9.17) is 19.4 Å². The van der Waals surface area contributed by atoms with Crippen molar-refractivity contribution in [3.05, 3.63) is 29.8 Å². The minimum absolute atomic E-state index is 0. The van der Waals surface area contributed by atoms with Crippen LogP contribution in [0.25, 0.3) is 0 Å². The third-order valence-corrected chi connectivity index (χ3v) is 1.44. The first-order valence-electron chi connectivity index (χ1n) is 2.73. The summed E-state index contributed by atoms with van der Waals surface area (Å²) in [6, 6.07) is 7.53. The van der Waals surface area contributed by atoms with Gasteiger partial charge in [-0.3, -0.25) is 0 Å². The van der Waals surface area contributed by atoms with Crippen LogP contribution in [0.3, 0.4) is 0 Å².